The van der Waals surface area contributed by atoms with Gasteiger partial charge in [-0.05, 0) is 30.0 Å². The summed E-state index contributed by atoms with van der Waals surface area (Å²) >= 11 is 0. The highest BCUT2D eigenvalue weighted by Crippen LogP contribution is 2.36. The highest BCUT2D eigenvalue weighted by atomic mass is 19.1. The lowest BCUT2D eigenvalue weighted by Crippen LogP contribution is -2.36. The van der Waals surface area contributed by atoms with Crippen LogP contribution in [-0.2, 0) is 19.5 Å². The number of aromatic nitrogens is 2. The van der Waals surface area contributed by atoms with E-state index < -0.39 is 6.67 Å². The van der Waals surface area contributed by atoms with Crippen LogP contribution in [0.5, 0.6) is 5.75 Å². The molecule has 0 saturated carbocycles. The fourth-order valence-electron chi connectivity index (χ4n) is 2.88. The van der Waals surface area contributed by atoms with E-state index in [1.165, 1.54) is 4.68 Å². The molecule has 1 aliphatic carbocycles. The first kappa shape index (κ1) is 15.3. The van der Waals surface area contributed by atoms with Crippen molar-refractivity contribution in [2.75, 3.05) is 6.67 Å². The van der Waals surface area contributed by atoms with Crippen LogP contribution in [0.3, 0.4) is 0 Å². The monoisotopic (exact) mass is 318 g/mol. The smallest absolute Gasteiger partial charge is 0.315 e. The Morgan fingerprint density at radius 1 is 1.48 bits per heavy atom. The van der Waals surface area contributed by atoms with Gasteiger partial charge in [0.25, 0.3) is 0 Å². The highest BCUT2D eigenvalue weighted by Gasteiger charge is 2.25. The molecule has 0 radical (unpaired) electrons. The Hall–Kier alpha value is -2.57. The van der Waals surface area contributed by atoms with Gasteiger partial charge in [-0.1, -0.05) is 12.1 Å². The topological polar surface area (TPSA) is 79.2 Å². The van der Waals surface area contributed by atoms with E-state index in [-0.39, 0.29) is 24.4 Å². The maximum atomic E-state index is 12.2. The molecule has 0 spiro atoms. The molecule has 6 nitrogen and oxygen atoms in total. The van der Waals surface area contributed by atoms with Crippen molar-refractivity contribution >= 4 is 6.03 Å². The number of amides is 2. The van der Waals surface area contributed by atoms with E-state index in [9.17, 15) is 14.3 Å². The molecule has 1 aromatic carbocycles. The number of phenols is 1. The van der Waals surface area contributed by atoms with E-state index in [1.54, 1.807) is 24.5 Å². The van der Waals surface area contributed by atoms with Crippen molar-refractivity contribution in [3.63, 3.8) is 0 Å². The molecule has 0 bridgehead atoms. The van der Waals surface area contributed by atoms with Crippen LogP contribution in [0.15, 0.2) is 30.6 Å². The van der Waals surface area contributed by atoms with Crippen LogP contribution in [0.1, 0.15) is 29.2 Å². The van der Waals surface area contributed by atoms with Crippen LogP contribution in [0.4, 0.5) is 9.18 Å². The molecule has 122 valence electrons. The standard InChI is InChI=1S/C16H19FN4O2/c17-6-7-21-10-11(9-19-21)8-18-16(23)20-14-5-4-13-12(14)2-1-3-15(13)22/h1-3,9-10,14,22H,4-8H2,(H2,18,20,23). The Kier molecular flexibility index (Phi) is 4.45. The van der Waals surface area contributed by atoms with Gasteiger partial charge in [0, 0.05) is 18.3 Å². The molecule has 1 unspecified atom stereocenters. The summed E-state index contributed by atoms with van der Waals surface area (Å²) in [6.45, 7) is 0.0786. The maximum Gasteiger partial charge on any atom is 0.315 e. The molecule has 3 N–H and O–H groups in total. The first-order valence-corrected chi connectivity index (χ1v) is 7.60. The first-order chi connectivity index (χ1) is 11.2. The third-order valence-corrected chi connectivity index (χ3v) is 4.00. The number of hydrogen-bond acceptors (Lipinski definition) is 3. The summed E-state index contributed by atoms with van der Waals surface area (Å²) in [5.41, 5.74) is 2.69. The minimum absolute atomic E-state index is 0.0913. The summed E-state index contributed by atoms with van der Waals surface area (Å²) in [7, 11) is 0. The minimum Gasteiger partial charge on any atom is -0.508 e. The zero-order chi connectivity index (χ0) is 16.2. The summed E-state index contributed by atoms with van der Waals surface area (Å²) < 4.78 is 13.7. The number of nitrogens with zero attached hydrogens (tertiary/aromatic N) is 2. The normalized spacial score (nSPS) is 16.1. The molecule has 2 aromatic rings. The average molecular weight is 318 g/mol. The van der Waals surface area contributed by atoms with Gasteiger partial charge in [-0.2, -0.15) is 5.10 Å². The van der Waals surface area contributed by atoms with Crippen molar-refractivity contribution in [2.24, 2.45) is 0 Å². The van der Waals surface area contributed by atoms with Crippen LogP contribution in [0, 0.1) is 0 Å². The fourth-order valence-corrected chi connectivity index (χ4v) is 2.88. The number of rotatable bonds is 5. The molecule has 1 aromatic heterocycles. The zero-order valence-corrected chi connectivity index (χ0v) is 12.6. The molecule has 1 aliphatic rings. The molecule has 7 heteroatoms. The molecule has 0 fully saturated rings. The molecular weight excluding hydrogens is 299 g/mol. The maximum absolute atomic E-state index is 12.2. The van der Waals surface area contributed by atoms with Gasteiger partial charge in [-0.3, -0.25) is 4.68 Å². The highest BCUT2D eigenvalue weighted by molar-refractivity contribution is 5.74. The molecule has 0 saturated heterocycles. The van der Waals surface area contributed by atoms with E-state index >= 15 is 0 Å². The van der Waals surface area contributed by atoms with E-state index in [0.717, 1.165) is 29.5 Å². The van der Waals surface area contributed by atoms with E-state index in [1.807, 2.05) is 6.07 Å². The predicted molar refractivity (Wildman–Crippen MR) is 82.7 cm³/mol. The third-order valence-electron chi connectivity index (χ3n) is 4.00. The number of alkyl halides is 1. The van der Waals surface area contributed by atoms with Gasteiger partial charge in [-0.25, -0.2) is 9.18 Å². The van der Waals surface area contributed by atoms with Crippen LogP contribution in [0.25, 0.3) is 0 Å². The first-order valence-electron chi connectivity index (χ1n) is 7.60. The summed E-state index contributed by atoms with van der Waals surface area (Å²) in [5, 5.41) is 19.5. The van der Waals surface area contributed by atoms with Gasteiger partial charge in [0.05, 0.1) is 18.8 Å². The van der Waals surface area contributed by atoms with E-state index in [4.69, 9.17) is 0 Å². The Morgan fingerprint density at radius 3 is 3.17 bits per heavy atom. The molecular formula is C16H19FN4O2. The number of hydrogen-bond donors (Lipinski definition) is 3. The van der Waals surface area contributed by atoms with E-state index in [0.29, 0.717) is 6.54 Å². The Balaban J connectivity index is 1.53. The van der Waals surface area contributed by atoms with Gasteiger partial charge < -0.3 is 15.7 Å². The lowest BCUT2D eigenvalue weighted by molar-refractivity contribution is 0.236. The summed E-state index contributed by atoms with van der Waals surface area (Å²) in [5.74, 6) is 0.285. The number of aromatic hydroxyl groups is 1. The molecule has 3 rings (SSSR count). The molecule has 1 heterocycles. The quantitative estimate of drug-likeness (QED) is 0.789. The lowest BCUT2D eigenvalue weighted by Gasteiger charge is -2.14. The van der Waals surface area contributed by atoms with Crippen LogP contribution in [-0.4, -0.2) is 27.6 Å². The second-order valence-electron chi connectivity index (χ2n) is 5.56. The number of aryl methyl sites for hydroxylation is 1. The average Bonchev–Trinajstić information content (AvgIpc) is 3.14. The molecule has 23 heavy (non-hydrogen) atoms. The summed E-state index contributed by atoms with van der Waals surface area (Å²) in [6, 6.07) is 5.01. The third kappa shape index (κ3) is 3.44. The Morgan fingerprint density at radius 2 is 2.35 bits per heavy atom. The zero-order valence-electron chi connectivity index (χ0n) is 12.6. The molecule has 1 atom stereocenters. The van der Waals surface area contributed by atoms with Crippen LogP contribution >= 0.6 is 0 Å². The fraction of sp³-hybridized carbons (Fsp3) is 0.375. The van der Waals surface area contributed by atoms with Crippen molar-refractivity contribution in [3.05, 3.63) is 47.3 Å². The van der Waals surface area contributed by atoms with Gasteiger partial charge in [0.2, 0.25) is 0 Å². The van der Waals surface area contributed by atoms with Crippen molar-refractivity contribution < 1.29 is 14.3 Å². The van der Waals surface area contributed by atoms with Crippen LogP contribution < -0.4 is 10.6 Å². The lowest BCUT2D eigenvalue weighted by atomic mass is 10.1. The second-order valence-corrected chi connectivity index (χ2v) is 5.56. The Labute approximate surface area is 133 Å². The van der Waals surface area contributed by atoms with Gasteiger partial charge in [-0.15, -0.1) is 0 Å². The summed E-state index contributed by atoms with van der Waals surface area (Å²) in [4.78, 5) is 12.0. The van der Waals surface area contributed by atoms with E-state index in [2.05, 4.69) is 15.7 Å². The predicted octanol–water partition coefficient (Wildman–Crippen LogP) is 2.04. The van der Waals surface area contributed by atoms with Crippen LogP contribution in [0.2, 0.25) is 0 Å². The largest absolute Gasteiger partial charge is 0.508 e. The summed E-state index contributed by atoms with van der Waals surface area (Å²) in [6.07, 6.45) is 4.85. The molecule has 0 aliphatic heterocycles. The van der Waals surface area contributed by atoms with Gasteiger partial charge in [0.1, 0.15) is 12.4 Å². The van der Waals surface area contributed by atoms with Crippen molar-refractivity contribution in [2.45, 2.75) is 32.0 Å². The number of carbonyl (C=O) groups is 1. The Bertz CT molecular complexity index is 701. The SMILES string of the molecule is O=C(NCc1cnn(CCF)c1)NC1CCc2c(O)cccc21. The second kappa shape index (κ2) is 6.68. The van der Waals surface area contributed by atoms with Crippen molar-refractivity contribution in [1.29, 1.82) is 0 Å². The number of benzene rings is 1. The van der Waals surface area contributed by atoms with Gasteiger partial charge >= 0.3 is 6.03 Å². The number of carbonyl (C=O) groups excluding carboxylic acids is 1. The number of urea groups is 1. The number of nitrogens with one attached hydrogen (secondary N) is 2. The van der Waals surface area contributed by atoms with Crippen molar-refractivity contribution in [3.8, 4) is 5.75 Å². The number of phenolic OH excluding ortho intramolecular Hbond substituents is 1. The number of halogens is 1. The van der Waals surface area contributed by atoms with Gasteiger partial charge in [0.15, 0.2) is 0 Å². The minimum atomic E-state index is -0.469. The number of fused-ring (bicyclic) bond motifs is 1. The van der Waals surface area contributed by atoms with Crippen molar-refractivity contribution in [1.82, 2.24) is 20.4 Å². The molecule has 2 amide bonds.